The van der Waals surface area contributed by atoms with Gasteiger partial charge in [-0.05, 0) is 24.3 Å². The minimum absolute atomic E-state index is 0.409. The molecule has 0 saturated carbocycles. The van der Waals surface area contributed by atoms with Crippen LogP contribution in [0.1, 0.15) is 0 Å². The van der Waals surface area contributed by atoms with Crippen LogP contribution in [0.25, 0.3) is 0 Å². The summed E-state index contributed by atoms with van der Waals surface area (Å²) in [6, 6.07) is 6.43. The number of rotatable bonds is 1. The van der Waals surface area contributed by atoms with Gasteiger partial charge in [-0.2, -0.15) is 0 Å². The fraction of sp³-hybridized carbons (Fsp3) is 0.125. The van der Waals surface area contributed by atoms with Crippen molar-refractivity contribution in [1.82, 2.24) is 5.01 Å². The van der Waals surface area contributed by atoms with Gasteiger partial charge >= 0.3 is 6.09 Å². The number of hydrogen-bond acceptors (Lipinski definition) is 3. The van der Waals surface area contributed by atoms with Crippen LogP contribution in [0.2, 0.25) is 5.02 Å². The first kappa shape index (κ1) is 9.83. The standard InChI is InChI=1S/C8H9ClN2O2/c1-11(10)8(12)13-7-4-2-6(9)3-5-7/h2-5H,10H2,1H3. The Morgan fingerprint density at radius 2 is 2.00 bits per heavy atom. The summed E-state index contributed by atoms with van der Waals surface area (Å²) >= 11 is 5.64. The van der Waals surface area contributed by atoms with Gasteiger partial charge in [0.15, 0.2) is 0 Å². The lowest BCUT2D eigenvalue weighted by Gasteiger charge is -2.09. The lowest BCUT2D eigenvalue weighted by Crippen LogP contribution is -2.35. The first-order valence-corrected chi connectivity index (χ1v) is 3.93. The van der Waals surface area contributed by atoms with E-state index in [4.69, 9.17) is 22.2 Å². The van der Waals surface area contributed by atoms with Crippen LogP contribution in [0, 0.1) is 0 Å². The Labute approximate surface area is 80.8 Å². The van der Waals surface area contributed by atoms with Crippen LogP contribution in [0.3, 0.4) is 0 Å². The lowest BCUT2D eigenvalue weighted by molar-refractivity contribution is 0.163. The number of halogens is 1. The van der Waals surface area contributed by atoms with E-state index >= 15 is 0 Å². The van der Waals surface area contributed by atoms with Crippen molar-refractivity contribution in [2.24, 2.45) is 5.84 Å². The molecule has 4 nitrogen and oxygen atoms in total. The zero-order valence-corrected chi connectivity index (χ0v) is 7.78. The van der Waals surface area contributed by atoms with E-state index in [-0.39, 0.29) is 0 Å². The van der Waals surface area contributed by atoms with Gasteiger partial charge in [0.25, 0.3) is 0 Å². The number of amides is 1. The number of hydrogen-bond donors (Lipinski definition) is 1. The smallest absolute Gasteiger partial charge is 0.409 e. The minimum Gasteiger partial charge on any atom is -0.409 e. The van der Waals surface area contributed by atoms with Crippen LogP contribution in [-0.2, 0) is 0 Å². The van der Waals surface area contributed by atoms with E-state index in [1.54, 1.807) is 24.3 Å². The summed E-state index contributed by atoms with van der Waals surface area (Å²) in [6.07, 6.45) is -0.623. The van der Waals surface area contributed by atoms with Crippen molar-refractivity contribution in [3.05, 3.63) is 29.3 Å². The fourth-order valence-electron chi connectivity index (χ4n) is 0.675. The molecule has 1 rings (SSSR count). The first-order valence-electron chi connectivity index (χ1n) is 3.55. The molecule has 0 spiro atoms. The average Bonchev–Trinajstić information content (AvgIpc) is 2.08. The maximum atomic E-state index is 10.9. The minimum atomic E-state index is -0.623. The predicted molar refractivity (Wildman–Crippen MR) is 49.4 cm³/mol. The van der Waals surface area contributed by atoms with Gasteiger partial charge in [-0.3, -0.25) is 0 Å². The molecule has 5 heteroatoms. The molecule has 0 fully saturated rings. The van der Waals surface area contributed by atoms with Crippen molar-refractivity contribution in [1.29, 1.82) is 0 Å². The third kappa shape index (κ3) is 2.93. The Kier molecular flexibility index (Phi) is 3.11. The SMILES string of the molecule is CN(N)C(=O)Oc1ccc(Cl)cc1. The van der Waals surface area contributed by atoms with Gasteiger partial charge in [0.05, 0.1) is 0 Å². The highest BCUT2D eigenvalue weighted by atomic mass is 35.5. The second kappa shape index (κ2) is 4.11. The van der Waals surface area contributed by atoms with E-state index in [1.165, 1.54) is 7.05 Å². The van der Waals surface area contributed by atoms with Gasteiger partial charge in [-0.15, -0.1) is 0 Å². The number of ether oxygens (including phenoxy) is 1. The molecule has 1 amide bonds. The van der Waals surface area contributed by atoms with E-state index in [2.05, 4.69) is 0 Å². The highest BCUT2D eigenvalue weighted by Gasteiger charge is 2.06. The Bertz CT molecular complexity index is 298. The third-order valence-electron chi connectivity index (χ3n) is 1.31. The number of carbonyl (C=O) groups is 1. The first-order chi connectivity index (χ1) is 6.09. The van der Waals surface area contributed by atoms with Gasteiger partial charge in [0.1, 0.15) is 5.75 Å². The molecule has 0 heterocycles. The number of nitrogens with two attached hydrogens (primary N) is 1. The van der Waals surface area contributed by atoms with Crippen molar-refractivity contribution in [3.63, 3.8) is 0 Å². The van der Waals surface area contributed by atoms with E-state index in [0.29, 0.717) is 10.8 Å². The van der Waals surface area contributed by atoms with E-state index in [9.17, 15) is 4.79 Å². The summed E-state index contributed by atoms with van der Waals surface area (Å²) in [5, 5.41) is 1.44. The molecule has 0 atom stereocenters. The number of hydrazine groups is 1. The zero-order valence-electron chi connectivity index (χ0n) is 7.03. The summed E-state index contributed by atoms with van der Waals surface area (Å²) in [4.78, 5) is 10.9. The lowest BCUT2D eigenvalue weighted by atomic mass is 10.3. The molecule has 70 valence electrons. The van der Waals surface area contributed by atoms with Crippen LogP contribution in [0.15, 0.2) is 24.3 Å². The van der Waals surface area contributed by atoms with E-state index in [1.807, 2.05) is 0 Å². The largest absolute Gasteiger partial charge is 0.429 e. The molecular weight excluding hydrogens is 192 g/mol. The van der Waals surface area contributed by atoms with Gasteiger partial charge in [0.2, 0.25) is 0 Å². The molecule has 0 saturated heterocycles. The molecule has 0 radical (unpaired) electrons. The Hall–Kier alpha value is -1.26. The van der Waals surface area contributed by atoms with Crippen LogP contribution < -0.4 is 10.6 Å². The molecule has 0 aliphatic heterocycles. The van der Waals surface area contributed by atoms with Crippen LogP contribution in [0.4, 0.5) is 4.79 Å². The molecule has 0 aliphatic carbocycles. The maximum absolute atomic E-state index is 10.9. The van der Waals surface area contributed by atoms with Crippen molar-refractivity contribution >= 4 is 17.7 Å². The molecular formula is C8H9ClN2O2. The van der Waals surface area contributed by atoms with Crippen molar-refractivity contribution in [2.75, 3.05) is 7.05 Å². The molecule has 1 aromatic carbocycles. The molecule has 1 aromatic rings. The van der Waals surface area contributed by atoms with Gasteiger partial charge in [-0.25, -0.2) is 15.6 Å². The highest BCUT2D eigenvalue weighted by molar-refractivity contribution is 6.30. The van der Waals surface area contributed by atoms with Crippen LogP contribution >= 0.6 is 11.6 Å². The Morgan fingerprint density at radius 3 is 2.46 bits per heavy atom. The van der Waals surface area contributed by atoms with E-state index in [0.717, 1.165) is 5.01 Å². The number of carbonyl (C=O) groups excluding carboxylic acids is 1. The third-order valence-corrected chi connectivity index (χ3v) is 1.56. The molecule has 0 aliphatic rings. The molecule has 0 bridgehead atoms. The summed E-state index contributed by atoms with van der Waals surface area (Å²) in [7, 11) is 1.40. The van der Waals surface area contributed by atoms with Gasteiger partial charge < -0.3 is 4.74 Å². The Morgan fingerprint density at radius 1 is 1.46 bits per heavy atom. The summed E-state index contributed by atoms with van der Waals surface area (Å²) in [6.45, 7) is 0. The predicted octanol–water partition coefficient (Wildman–Crippen LogP) is 1.64. The van der Waals surface area contributed by atoms with Crippen molar-refractivity contribution in [3.8, 4) is 5.75 Å². The number of nitrogens with zero attached hydrogens (tertiary/aromatic N) is 1. The van der Waals surface area contributed by atoms with Crippen LogP contribution in [-0.4, -0.2) is 18.1 Å². The quantitative estimate of drug-likeness (QED) is 0.426. The molecule has 13 heavy (non-hydrogen) atoms. The Balaban J connectivity index is 2.65. The summed E-state index contributed by atoms with van der Waals surface area (Å²) < 4.78 is 4.83. The number of benzene rings is 1. The molecule has 0 aromatic heterocycles. The maximum Gasteiger partial charge on any atom is 0.429 e. The fourth-order valence-corrected chi connectivity index (χ4v) is 0.801. The van der Waals surface area contributed by atoms with Crippen molar-refractivity contribution < 1.29 is 9.53 Å². The van der Waals surface area contributed by atoms with Gasteiger partial charge in [0, 0.05) is 12.1 Å². The summed E-state index contributed by atoms with van der Waals surface area (Å²) in [5.74, 6) is 5.56. The highest BCUT2D eigenvalue weighted by Crippen LogP contribution is 2.15. The average molecular weight is 201 g/mol. The second-order valence-electron chi connectivity index (χ2n) is 2.43. The van der Waals surface area contributed by atoms with E-state index < -0.39 is 6.09 Å². The topological polar surface area (TPSA) is 55.6 Å². The molecule has 2 N–H and O–H groups in total. The molecule has 0 unspecified atom stereocenters. The second-order valence-corrected chi connectivity index (χ2v) is 2.87. The normalized spacial score (nSPS) is 9.46. The monoisotopic (exact) mass is 200 g/mol. The van der Waals surface area contributed by atoms with Crippen LogP contribution in [0.5, 0.6) is 5.75 Å². The van der Waals surface area contributed by atoms with Crippen molar-refractivity contribution in [2.45, 2.75) is 0 Å². The van der Waals surface area contributed by atoms with Gasteiger partial charge in [-0.1, -0.05) is 11.6 Å². The summed E-state index contributed by atoms with van der Waals surface area (Å²) in [5.41, 5.74) is 0. The zero-order chi connectivity index (χ0) is 9.84.